The maximum atomic E-state index is 15.6. The molecular weight excluding hydrogens is 545 g/mol. The van der Waals surface area contributed by atoms with Crippen LogP contribution in [0.2, 0.25) is 0 Å². The number of halogens is 1. The van der Waals surface area contributed by atoms with E-state index in [1.807, 2.05) is 53.1 Å². The monoisotopic (exact) mass is 575 g/mol. The second-order valence-electron chi connectivity index (χ2n) is 11.2. The van der Waals surface area contributed by atoms with Gasteiger partial charge >= 0.3 is 0 Å². The first-order valence-electron chi connectivity index (χ1n) is 14.4. The van der Waals surface area contributed by atoms with Crippen molar-refractivity contribution in [1.82, 2.24) is 24.5 Å². The number of fused-ring (bicyclic) bond motifs is 2. The quantitative estimate of drug-likeness (QED) is 0.326. The molecule has 5 aromatic rings. The summed E-state index contributed by atoms with van der Waals surface area (Å²) in [6.45, 7) is 3.73. The van der Waals surface area contributed by atoms with Crippen molar-refractivity contribution in [3.05, 3.63) is 102 Å². The fraction of sp³-hybridized carbons (Fsp3) is 0.242. The molecule has 10 heteroatoms. The van der Waals surface area contributed by atoms with Crippen LogP contribution >= 0.6 is 0 Å². The van der Waals surface area contributed by atoms with Crippen molar-refractivity contribution in [1.29, 1.82) is 0 Å². The molecule has 216 valence electrons. The highest BCUT2D eigenvalue weighted by atomic mass is 19.1. The SMILES string of the molecule is C[C@@H]1c2ccccc2CCN1C(=O)c1cc(-c2ccccn2)n2nc(-c3ccc(N4CC[C@H](C(N)=O)C4)cc3F)cc2n1. The molecule has 0 aliphatic carbocycles. The fourth-order valence-corrected chi connectivity index (χ4v) is 6.24. The third-order valence-electron chi connectivity index (χ3n) is 8.61. The number of carbonyl (C=O) groups is 2. The van der Waals surface area contributed by atoms with E-state index in [1.54, 1.807) is 28.9 Å². The molecule has 0 unspecified atom stereocenters. The summed E-state index contributed by atoms with van der Waals surface area (Å²) in [5, 5.41) is 4.71. The van der Waals surface area contributed by atoms with Gasteiger partial charge in [0.25, 0.3) is 5.91 Å². The molecule has 3 aromatic heterocycles. The standard InChI is InChI=1S/C33H30FN7O2/c1-20-24-7-3-2-6-21(24)12-15-40(20)33(43)29-17-30(27-8-4-5-13-36-27)41-31(37-29)18-28(38-41)25-10-9-23(16-26(25)34)39-14-11-22(19-39)32(35)42/h2-10,13,16-18,20,22H,11-12,14-15,19H2,1H3,(H2,35,42)/t20-,22+/m1/s1. The Labute approximate surface area is 247 Å². The Morgan fingerprint density at radius 2 is 1.81 bits per heavy atom. The third kappa shape index (κ3) is 4.78. The highest BCUT2D eigenvalue weighted by Crippen LogP contribution is 2.33. The molecule has 2 aliphatic rings. The second kappa shape index (κ2) is 10.6. The molecule has 2 aliphatic heterocycles. The van der Waals surface area contributed by atoms with Crippen molar-refractivity contribution in [2.75, 3.05) is 24.5 Å². The van der Waals surface area contributed by atoms with Crippen molar-refractivity contribution < 1.29 is 14.0 Å². The van der Waals surface area contributed by atoms with Crippen LogP contribution in [0.5, 0.6) is 0 Å². The molecule has 5 heterocycles. The first-order valence-corrected chi connectivity index (χ1v) is 14.4. The van der Waals surface area contributed by atoms with Crippen molar-refractivity contribution in [3.8, 4) is 22.6 Å². The highest BCUT2D eigenvalue weighted by Gasteiger charge is 2.30. The first-order chi connectivity index (χ1) is 20.9. The van der Waals surface area contributed by atoms with E-state index >= 15 is 4.39 Å². The molecule has 1 fully saturated rings. The van der Waals surface area contributed by atoms with Gasteiger partial charge < -0.3 is 15.5 Å². The van der Waals surface area contributed by atoms with Crippen LogP contribution in [-0.4, -0.2) is 55.9 Å². The lowest BCUT2D eigenvalue weighted by Crippen LogP contribution is -2.39. The zero-order valence-corrected chi connectivity index (χ0v) is 23.7. The number of pyridine rings is 1. The van der Waals surface area contributed by atoms with E-state index in [1.165, 1.54) is 11.6 Å². The van der Waals surface area contributed by atoms with Gasteiger partial charge in [-0.15, -0.1) is 0 Å². The molecule has 0 bridgehead atoms. The molecule has 0 saturated carbocycles. The molecule has 0 spiro atoms. The Morgan fingerprint density at radius 1 is 0.977 bits per heavy atom. The summed E-state index contributed by atoms with van der Waals surface area (Å²) in [4.78, 5) is 38.6. The third-order valence-corrected chi connectivity index (χ3v) is 8.61. The smallest absolute Gasteiger partial charge is 0.273 e. The van der Waals surface area contributed by atoms with E-state index in [2.05, 4.69) is 17.1 Å². The molecule has 2 aromatic carbocycles. The van der Waals surface area contributed by atoms with Gasteiger partial charge in [-0.2, -0.15) is 5.10 Å². The van der Waals surface area contributed by atoms with Gasteiger partial charge in [-0.3, -0.25) is 14.6 Å². The lowest BCUT2D eigenvalue weighted by atomic mass is 9.93. The lowest BCUT2D eigenvalue weighted by Gasteiger charge is -2.35. The number of amides is 2. The Morgan fingerprint density at radius 3 is 2.58 bits per heavy atom. The number of benzene rings is 2. The maximum Gasteiger partial charge on any atom is 0.273 e. The highest BCUT2D eigenvalue weighted by molar-refractivity contribution is 5.94. The molecule has 1 saturated heterocycles. The molecule has 2 N–H and O–H groups in total. The summed E-state index contributed by atoms with van der Waals surface area (Å²) in [6.07, 6.45) is 3.10. The molecule has 7 rings (SSSR count). The minimum Gasteiger partial charge on any atom is -0.371 e. The summed E-state index contributed by atoms with van der Waals surface area (Å²) in [5.74, 6) is -1.20. The van der Waals surface area contributed by atoms with Gasteiger partial charge in [0.05, 0.1) is 29.0 Å². The van der Waals surface area contributed by atoms with Gasteiger partial charge in [0.2, 0.25) is 5.91 Å². The zero-order valence-electron chi connectivity index (χ0n) is 23.7. The van der Waals surface area contributed by atoms with Gasteiger partial charge in [-0.25, -0.2) is 13.9 Å². The van der Waals surface area contributed by atoms with Crippen LogP contribution in [0.15, 0.2) is 79.0 Å². The van der Waals surface area contributed by atoms with Crippen molar-refractivity contribution in [2.45, 2.75) is 25.8 Å². The number of nitrogens with two attached hydrogens (primary N) is 1. The Kier molecular flexibility index (Phi) is 6.61. The number of carbonyl (C=O) groups excluding carboxylic acids is 2. The van der Waals surface area contributed by atoms with Crippen molar-refractivity contribution >= 4 is 23.1 Å². The average molecular weight is 576 g/mol. The number of aromatic nitrogens is 4. The summed E-state index contributed by atoms with van der Waals surface area (Å²) in [6, 6.07) is 22.0. The van der Waals surface area contributed by atoms with Gasteiger partial charge in [0.15, 0.2) is 5.65 Å². The van der Waals surface area contributed by atoms with Crippen LogP contribution < -0.4 is 10.6 Å². The van der Waals surface area contributed by atoms with E-state index in [4.69, 9.17) is 15.8 Å². The van der Waals surface area contributed by atoms with Gasteiger partial charge in [-0.05, 0) is 67.3 Å². The summed E-state index contributed by atoms with van der Waals surface area (Å²) in [5.41, 5.74) is 11.1. The predicted octanol–water partition coefficient (Wildman–Crippen LogP) is 4.67. The maximum absolute atomic E-state index is 15.6. The number of hydrogen-bond donors (Lipinski definition) is 1. The average Bonchev–Trinajstić information content (AvgIpc) is 3.69. The molecular formula is C33H30FN7O2. The van der Waals surface area contributed by atoms with Crippen LogP contribution in [0.3, 0.4) is 0 Å². The summed E-state index contributed by atoms with van der Waals surface area (Å²) in [7, 11) is 0. The van der Waals surface area contributed by atoms with Crippen LogP contribution in [-0.2, 0) is 11.2 Å². The summed E-state index contributed by atoms with van der Waals surface area (Å²) < 4.78 is 17.2. The lowest BCUT2D eigenvalue weighted by molar-refractivity contribution is -0.121. The van der Waals surface area contributed by atoms with Crippen molar-refractivity contribution in [2.24, 2.45) is 11.7 Å². The summed E-state index contributed by atoms with van der Waals surface area (Å²) >= 11 is 0. The van der Waals surface area contributed by atoms with E-state index in [9.17, 15) is 9.59 Å². The Balaban J connectivity index is 1.26. The van der Waals surface area contributed by atoms with E-state index < -0.39 is 5.82 Å². The van der Waals surface area contributed by atoms with Gasteiger partial charge in [0.1, 0.15) is 11.5 Å². The number of rotatable bonds is 5. The molecule has 2 amide bonds. The Bertz CT molecular complexity index is 1870. The number of primary amides is 1. The minimum absolute atomic E-state index is 0.101. The van der Waals surface area contributed by atoms with Crippen LogP contribution in [0, 0.1) is 11.7 Å². The second-order valence-corrected chi connectivity index (χ2v) is 11.2. The van der Waals surface area contributed by atoms with Crippen LogP contribution in [0.1, 0.15) is 41.0 Å². The first kappa shape index (κ1) is 26.8. The topological polar surface area (TPSA) is 110 Å². The minimum atomic E-state index is -0.445. The number of hydrogen-bond acceptors (Lipinski definition) is 6. The number of nitrogens with zero attached hydrogens (tertiary/aromatic N) is 6. The zero-order chi connectivity index (χ0) is 29.7. The van der Waals surface area contributed by atoms with E-state index in [0.29, 0.717) is 60.0 Å². The van der Waals surface area contributed by atoms with Gasteiger partial charge in [0, 0.05) is 43.1 Å². The van der Waals surface area contributed by atoms with Crippen LogP contribution in [0.25, 0.3) is 28.3 Å². The van der Waals surface area contributed by atoms with Crippen molar-refractivity contribution in [3.63, 3.8) is 0 Å². The van der Waals surface area contributed by atoms with Gasteiger partial charge in [-0.1, -0.05) is 30.3 Å². The number of anilines is 1. The molecule has 43 heavy (non-hydrogen) atoms. The van der Waals surface area contributed by atoms with E-state index in [-0.39, 0.29) is 29.5 Å². The molecule has 0 radical (unpaired) electrons. The molecule has 2 atom stereocenters. The molecule has 9 nitrogen and oxygen atoms in total. The Hall–Kier alpha value is -5.12. The normalized spacial score (nSPS) is 18.2. The largest absolute Gasteiger partial charge is 0.371 e. The van der Waals surface area contributed by atoms with E-state index in [0.717, 1.165) is 12.0 Å². The fourth-order valence-electron chi connectivity index (χ4n) is 6.24. The predicted molar refractivity (Wildman–Crippen MR) is 161 cm³/mol. The van der Waals surface area contributed by atoms with Crippen LogP contribution in [0.4, 0.5) is 10.1 Å².